The molecule has 6 heterocycles. The van der Waals surface area contributed by atoms with Gasteiger partial charge in [-0.2, -0.15) is 10.4 Å². The van der Waals surface area contributed by atoms with Gasteiger partial charge in [0.2, 0.25) is 0 Å². The Morgan fingerprint density at radius 3 is 3.21 bits per heavy atom. The molecule has 2 aliphatic heterocycles. The van der Waals surface area contributed by atoms with Crippen LogP contribution in [0.5, 0.6) is 0 Å². The highest BCUT2D eigenvalue weighted by Gasteiger charge is 2.33. The lowest BCUT2D eigenvalue weighted by atomic mass is 9.96. The number of aryl methyl sites for hydroxylation is 1. The van der Waals surface area contributed by atoms with Crippen molar-refractivity contribution in [1.29, 1.82) is 5.26 Å². The third-order valence-corrected chi connectivity index (χ3v) is 7.58. The van der Waals surface area contributed by atoms with Crippen molar-refractivity contribution in [2.45, 2.75) is 30.3 Å². The van der Waals surface area contributed by atoms with Crippen LogP contribution in [-0.2, 0) is 6.42 Å². The number of nitriles is 1. The summed E-state index contributed by atoms with van der Waals surface area (Å²) >= 11 is 1.69. The Morgan fingerprint density at radius 2 is 2.30 bits per heavy atom. The number of hydrogen-bond acceptors (Lipinski definition) is 7. The van der Waals surface area contributed by atoms with Gasteiger partial charge in [-0.1, -0.05) is 0 Å². The van der Waals surface area contributed by atoms with Crippen LogP contribution in [0, 0.1) is 23.1 Å². The van der Waals surface area contributed by atoms with E-state index in [4.69, 9.17) is 0 Å². The highest BCUT2D eigenvalue weighted by atomic mass is 32.2. The first-order valence-electron chi connectivity index (χ1n) is 11.0. The molecular weight excluding hydrogens is 439 g/mol. The van der Waals surface area contributed by atoms with E-state index in [1.807, 2.05) is 28.0 Å². The highest BCUT2D eigenvalue weighted by molar-refractivity contribution is 7.99. The molecule has 0 bridgehead atoms. The van der Waals surface area contributed by atoms with E-state index in [9.17, 15) is 9.65 Å². The molecule has 1 saturated heterocycles. The number of rotatable bonds is 5. The number of aromatic amines is 1. The second kappa shape index (κ2) is 8.15. The summed E-state index contributed by atoms with van der Waals surface area (Å²) in [6.07, 6.45) is 9.16. The Hall–Kier alpha value is -3.45. The molecule has 0 aromatic carbocycles. The van der Waals surface area contributed by atoms with Gasteiger partial charge in [0.05, 0.1) is 30.4 Å². The molecular formula is C23H21FN8S. The topological polar surface area (TPSA) is 99.3 Å². The summed E-state index contributed by atoms with van der Waals surface area (Å²) in [6, 6.07) is 5.79. The number of halogens is 1. The van der Waals surface area contributed by atoms with Crippen LogP contribution in [-0.4, -0.2) is 48.6 Å². The number of fused-ring (bicyclic) bond motifs is 2. The van der Waals surface area contributed by atoms with Crippen LogP contribution in [0.1, 0.15) is 24.4 Å². The summed E-state index contributed by atoms with van der Waals surface area (Å²) in [5.41, 5.74) is 3.46. The van der Waals surface area contributed by atoms with E-state index in [1.165, 1.54) is 6.33 Å². The first-order chi connectivity index (χ1) is 16.2. The minimum atomic E-state index is -0.255. The molecule has 0 aliphatic carbocycles. The van der Waals surface area contributed by atoms with Crippen molar-refractivity contribution >= 4 is 28.6 Å². The molecule has 2 aliphatic rings. The fourth-order valence-corrected chi connectivity index (χ4v) is 5.90. The molecule has 0 spiro atoms. The summed E-state index contributed by atoms with van der Waals surface area (Å²) in [4.78, 5) is 18.4. The number of nitrogens with one attached hydrogen (secondary N) is 1. The number of thioether (sulfide) groups is 1. The van der Waals surface area contributed by atoms with Crippen LogP contribution in [0.25, 0.3) is 22.3 Å². The highest BCUT2D eigenvalue weighted by Crippen LogP contribution is 2.37. The average molecular weight is 461 g/mol. The van der Waals surface area contributed by atoms with Gasteiger partial charge >= 0.3 is 0 Å². The van der Waals surface area contributed by atoms with Gasteiger partial charge in [0, 0.05) is 48.1 Å². The quantitative estimate of drug-likeness (QED) is 0.481. The lowest BCUT2D eigenvalue weighted by Gasteiger charge is -2.23. The zero-order valence-electron chi connectivity index (χ0n) is 17.8. The van der Waals surface area contributed by atoms with Crippen LogP contribution in [0.3, 0.4) is 0 Å². The van der Waals surface area contributed by atoms with E-state index in [-0.39, 0.29) is 17.8 Å². The molecule has 0 amide bonds. The first kappa shape index (κ1) is 20.2. The zero-order valence-corrected chi connectivity index (χ0v) is 18.6. The first-order valence-corrected chi connectivity index (χ1v) is 12.0. The van der Waals surface area contributed by atoms with E-state index >= 15 is 0 Å². The molecule has 4 aromatic heterocycles. The molecule has 0 saturated carbocycles. The Morgan fingerprint density at radius 1 is 1.36 bits per heavy atom. The van der Waals surface area contributed by atoms with Crippen molar-refractivity contribution in [2.75, 3.05) is 23.7 Å². The van der Waals surface area contributed by atoms with Crippen molar-refractivity contribution in [3.8, 4) is 17.3 Å². The van der Waals surface area contributed by atoms with Crippen molar-refractivity contribution in [3.05, 3.63) is 48.4 Å². The normalized spacial score (nSPS) is 18.5. The number of hydrogen-bond donors (Lipinski definition) is 1. The van der Waals surface area contributed by atoms with Crippen molar-refractivity contribution in [2.24, 2.45) is 5.92 Å². The van der Waals surface area contributed by atoms with E-state index < -0.39 is 0 Å². The number of aromatic nitrogens is 6. The molecule has 2 unspecified atom stereocenters. The monoisotopic (exact) mass is 460 g/mol. The van der Waals surface area contributed by atoms with Gasteiger partial charge in [-0.15, -0.1) is 11.8 Å². The van der Waals surface area contributed by atoms with Crippen molar-refractivity contribution in [1.82, 2.24) is 29.7 Å². The third kappa shape index (κ3) is 3.53. The summed E-state index contributed by atoms with van der Waals surface area (Å²) < 4.78 is 16.7. The Labute approximate surface area is 193 Å². The molecule has 1 fully saturated rings. The second-order valence-electron chi connectivity index (χ2n) is 8.45. The second-order valence-corrected chi connectivity index (χ2v) is 9.54. The Balaban J connectivity index is 1.26. The van der Waals surface area contributed by atoms with Crippen LogP contribution < -0.4 is 4.90 Å². The molecule has 0 radical (unpaired) electrons. The number of pyridine rings is 1. The molecule has 4 aromatic rings. The molecule has 33 heavy (non-hydrogen) atoms. The van der Waals surface area contributed by atoms with Gasteiger partial charge < -0.3 is 9.88 Å². The fourth-order valence-electron chi connectivity index (χ4n) is 4.89. The van der Waals surface area contributed by atoms with E-state index in [2.05, 4.69) is 31.1 Å². The van der Waals surface area contributed by atoms with Gasteiger partial charge in [0.25, 0.3) is 0 Å². The zero-order chi connectivity index (χ0) is 22.4. The van der Waals surface area contributed by atoms with Crippen molar-refractivity contribution in [3.63, 3.8) is 0 Å². The molecule has 166 valence electrons. The predicted molar refractivity (Wildman–Crippen MR) is 123 cm³/mol. The maximum absolute atomic E-state index is 14.8. The average Bonchev–Trinajstić information content (AvgIpc) is 3.62. The lowest BCUT2D eigenvalue weighted by molar-refractivity contribution is 0.331. The van der Waals surface area contributed by atoms with Gasteiger partial charge in [-0.3, -0.25) is 4.68 Å². The van der Waals surface area contributed by atoms with E-state index in [0.29, 0.717) is 25.3 Å². The van der Waals surface area contributed by atoms with Crippen molar-refractivity contribution < 1.29 is 4.39 Å². The summed E-state index contributed by atoms with van der Waals surface area (Å²) in [5.74, 6) is 1.30. The third-order valence-electron chi connectivity index (χ3n) is 6.54. The van der Waals surface area contributed by atoms with Crippen LogP contribution in [0.2, 0.25) is 0 Å². The number of nitrogens with zero attached hydrogens (tertiary/aromatic N) is 7. The van der Waals surface area contributed by atoms with E-state index in [1.54, 1.807) is 24.0 Å². The summed E-state index contributed by atoms with van der Waals surface area (Å²) in [5, 5.41) is 16.0. The van der Waals surface area contributed by atoms with Crippen LogP contribution in [0.4, 0.5) is 10.2 Å². The minimum Gasteiger partial charge on any atom is -0.354 e. The molecule has 1 N–H and O–H groups in total. The SMILES string of the molecule is N#CCC(C1CCN(c2nc3c(cc2F)CCS3)C1)n1cc(-c2ncnc3[nH]ccc23)cn1. The smallest absolute Gasteiger partial charge is 0.166 e. The van der Waals surface area contributed by atoms with Gasteiger partial charge in [0.1, 0.15) is 17.0 Å². The minimum absolute atomic E-state index is 0.107. The van der Waals surface area contributed by atoms with Crippen LogP contribution >= 0.6 is 11.8 Å². The summed E-state index contributed by atoms with van der Waals surface area (Å²) in [6.45, 7) is 1.36. The maximum Gasteiger partial charge on any atom is 0.166 e. The Kier molecular flexibility index (Phi) is 4.99. The van der Waals surface area contributed by atoms with Gasteiger partial charge in [-0.25, -0.2) is 19.3 Å². The summed E-state index contributed by atoms with van der Waals surface area (Å²) in [7, 11) is 0. The molecule has 10 heteroatoms. The van der Waals surface area contributed by atoms with Gasteiger partial charge in [0.15, 0.2) is 11.6 Å². The van der Waals surface area contributed by atoms with Gasteiger partial charge in [-0.05, 0) is 30.5 Å². The fraction of sp³-hybridized carbons (Fsp3) is 0.348. The van der Waals surface area contributed by atoms with Crippen LogP contribution in [0.15, 0.2) is 42.1 Å². The lowest BCUT2D eigenvalue weighted by Crippen LogP contribution is -2.26. The molecule has 8 nitrogen and oxygen atoms in total. The van der Waals surface area contributed by atoms with E-state index in [0.717, 1.165) is 51.5 Å². The predicted octanol–water partition coefficient (Wildman–Crippen LogP) is 3.98. The largest absolute Gasteiger partial charge is 0.354 e. The standard InChI is InChI=1S/C23H21FN8S/c24-18-9-14-4-8-33-23(14)30-22(18)31-7-3-15(11-31)19(1-5-25)32-12-16(10-29-32)20-17-2-6-26-21(17)28-13-27-20/h2,6,9-10,12-13,15,19H,1,3-4,7-8,11H2,(H,26,27,28). The number of H-pyrrole nitrogens is 1. The number of anilines is 1. The molecule has 6 rings (SSSR count). The maximum atomic E-state index is 14.8. The molecule has 2 atom stereocenters. The Bertz CT molecular complexity index is 1370.